The quantitative estimate of drug-likeness (QED) is 0.624. The highest BCUT2D eigenvalue weighted by atomic mass is 35.5. The van der Waals surface area contributed by atoms with Gasteiger partial charge in [-0.05, 0) is 42.2 Å². The first-order valence-electron chi connectivity index (χ1n) is 7.77. The number of halogens is 1. The van der Waals surface area contributed by atoms with E-state index in [1.807, 2.05) is 19.1 Å². The van der Waals surface area contributed by atoms with E-state index < -0.39 is 0 Å². The summed E-state index contributed by atoms with van der Waals surface area (Å²) in [4.78, 5) is 11.8. The van der Waals surface area contributed by atoms with Gasteiger partial charge in [0.2, 0.25) is 0 Å². The summed E-state index contributed by atoms with van der Waals surface area (Å²) in [5.74, 6) is 0.704. The summed E-state index contributed by atoms with van der Waals surface area (Å²) in [6, 6.07) is 15.0. The summed E-state index contributed by atoms with van der Waals surface area (Å²) in [7, 11) is 0. The van der Waals surface area contributed by atoms with Crippen molar-refractivity contribution >= 4 is 23.2 Å². The van der Waals surface area contributed by atoms with Crippen LogP contribution in [0, 0.1) is 0 Å². The molecule has 0 radical (unpaired) electrons. The normalized spacial score (nSPS) is 11.5. The molecule has 126 valence electrons. The molecule has 2 rings (SSSR count). The maximum absolute atomic E-state index is 11.8. The first-order chi connectivity index (χ1) is 11.5. The molecule has 0 saturated heterocycles. The summed E-state index contributed by atoms with van der Waals surface area (Å²) >= 11 is 5.86. The number of ether oxygens (including phenoxy) is 1. The molecule has 1 N–H and O–H groups in total. The first kappa shape index (κ1) is 18.0. The molecular formula is C19H21ClN2O2. The molecule has 2 aromatic carbocycles. The van der Waals surface area contributed by atoms with Crippen molar-refractivity contribution in [3.8, 4) is 5.75 Å². The fourth-order valence-electron chi connectivity index (χ4n) is 2.06. The minimum Gasteiger partial charge on any atom is -0.484 e. The average Bonchev–Trinajstić information content (AvgIpc) is 2.58. The van der Waals surface area contributed by atoms with Gasteiger partial charge < -0.3 is 4.74 Å². The number of nitrogens with zero attached hydrogens (tertiary/aromatic N) is 1. The van der Waals surface area contributed by atoms with Crippen molar-refractivity contribution in [2.45, 2.75) is 26.7 Å². The van der Waals surface area contributed by atoms with Gasteiger partial charge in [0.15, 0.2) is 6.61 Å². The van der Waals surface area contributed by atoms with Gasteiger partial charge in [-0.2, -0.15) is 5.10 Å². The van der Waals surface area contributed by atoms with E-state index >= 15 is 0 Å². The van der Waals surface area contributed by atoms with Gasteiger partial charge in [0, 0.05) is 5.02 Å². The minimum atomic E-state index is -0.326. The highest BCUT2D eigenvalue weighted by Crippen LogP contribution is 2.17. The monoisotopic (exact) mass is 344 g/mol. The van der Waals surface area contributed by atoms with Crippen molar-refractivity contribution in [2.75, 3.05) is 6.61 Å². The lowest BCUT2D eigenvalue weighted by molar-refractivity contribution is -0.123. The van der Waals surface area contributed by atoms with Gasteiger partial charge in [-0.15, -0.1) is 0 Å². The molecule has 0 atom stereocenters. The molecule has 0 saturated carbocycles. The number of hydrazone groups is 1. The van der Waals surface area contributed by atoms with E-state index in [4.69, 9.17) is 16.3 Å². The third-order valence-electron chi connectivity index (χ3n) is 3.51. The molecule has 4 nitrogen and oxygen atoms in total. The zero-order valence-electron chi connectivity index (χ0n) is 14.0. The predicted octanol–water partition coefficient (Wildman–Crippen LogP) is 4.38. The van der Waals surface area contributed by atoms with Gasteiger partial charge in [0.1, 0.15) is 5.75 Å². The maximum atomic E-state index is 11.8. The number of hydrogen-bond donors (Lipinski definition) is 1. The van der Waals surface area contributed by atoms with Crippen LogP contribution in [0.15, 0.2) is 53.6 Å². The lowest BCUT2D eigenvalue weighted by Gasteiger charge is -2.08. The van der Waals surface area contributed by atoms with Crippen LogP contribution in [0.25, 0.3) is 0 Å². The molecule has 1 amide bonds. The third kappa shape index (κ3) is 5.39. The second-order valence-electron chi connectivity index (χ2n) is 5.75. The Morgan fingerprint density at radius 3 is 2.54 bits per heavy atom. The van der Waals surface area contributed by atoms with E-state index in [1.54, 1.807) is 24.3 Å². The van der Waals surface area contributed by atoms with Crippen molar-refractivity contribution in [1.82, 2.24) is 5.43 Å². The van der Waals surface area contributed by atoms with Crippen LogP contribution < -0.4 is 10.2 Å². The highest BCUT2D eigenvalue weighted by molar-refractivity contribution is 6.30. The predicted molar refractivity (Wildman–Crippen MR) is 97.8 cm³/mol. The van der Waals surface area contributed by atoms with Crippen LogP contribution in [0.3, 0.4) is 0 Å². The van der Waals surface area contributed by atoms with Crippen molar-refractivity contribution < 1.29 is 9.53 Å². The molecular weight excluding hydrogens is 324 g/mol. The SMILES string of the molecule is C/C(=N/NC(=O)COc1cccc(Cl)c1)c1ccc(C(C)C)cc1. The van der Waals surface area contributed by atoms with Crippen molar-refractivity contribution in [1.29, 1.82) is 0 Å². The summed E-state index contributed by atoms with van der Waals surface area (Å²) in [5.41, 5.74) is 5.47. The van der Waals surface area contributed by atoms with Gasteiger partial charge in [-0.1, -0.05) is 55.8 Å². The maximum Gasteiger partial charge on any atom is 0.277 e. The molecule has 0 fully saturated rings. The number of benzene rings is 2. The second-order valence-corrected chi connectivity index (χ2v) is 6.19. The third-order valence-corrected chi connectivity index (χ3v) is 3.74. The van der Waals surface area contributed by atoms with E-state index in [9.17, 15) is 4.79 Å². The number of hydrogen-bond acceptors (Lipinski definition) is 3. The first-order valence-corrected chi connectivity index (χ1v) is 8.15. The van der Waals surface area contributed by atoms with Gasteiger partial charge in [0.05, 0.1) is 5.71 Å². The lowest BCUT2D eigenvalue weighted by atomic mass is 10.0. The lowest BCUT2D eigenvalue weighted by Crippen LogP contribution is -2.25. The zero-order valence-corrected chi connectivity index (χ0v) is 14.8. The number of carbonyl (C=O) groups excluding carboxylic acids is 1. The van der Waals surface area contributed by atoms with Crippen molar-refractivity contribution in [2.24, 2.45) is 5.10 Å². The van der Waals surface area contributed by atoms with Crippen molar-refractivity contribution in [3.05, 3.63) is 64.7 Å². The van der Waals surface area contributed by atoms with Crippen LogP contribution in [0.1, 0.15) is 37.8 Å². The van der Waals surface area contributed by atoms with Crippen LogP contribution in [0.4, 0.5) is 0 Å². The van der Waals surface area contributed by atoms with E-state index in [0.29, 0.717) is 16.7 Å². The smallest absolute Gasteiger partial charge is 0.277 e. The van der Waals surface area contributed by atoms with Crippen LogP contribution >= 0.6 is 11.6 Å². The Bertz CT molecular complexity index is 724. The molecule has 0 spiro atoms. The summed E-state index contributed by atoms with van der Waals surface area (Å²) in [6.07, 6.45) is 0. The fraction of sp³-hybridized carbons (Fsp3) is 0.263. The molecule has 5 heteroatoms. The van der Waals surface area contributed by atoms with Crippen LogP contribution in [0.2, 0.25) is 5.02 Å². The zero-order chi connectivity index (χ0) is 17.5. The minimum absolute atomic E-state index is 0.122. The summed E-state index contributed by atoms with van der Waals surface area (Å²) in [6.45, 7) is 6.03. The Morgan fingerprint density at radius 1 is 1.21 bits per heavy atom. The highest BCUT2D eigenvalue weighted by Gasteiger charge is 2.04. The van der Waals surface area contributed by atoms with E-state index in [-0.39, 0.29) is 12.5 Å². The molecule has 24 heavy (non-hydrogen) atoms. The van der Waals surface area contributed by atoms with Crippen LogP contribution in [0.5, 0.6) is 5.75 Å². The molecule has 0 heterocycles. The number of rotatable bonds is 6. The van der Waals surface area contributed by atoms with Crippen LogP contribution in [-0.4, -0.2) is 18.2 Å². The molecule has 0 bridgehead atoms. The Balaban J connectivity index is 1.88. The Kier molecular flexibility index (Phi) is 6.38. The molecule has 2 aromatic rings. The largest absolute Gasteiger partial charge is 0.484 e. The standard InChI is InChI=1S/C19H21ClN2O2/c1-13(2)15-7-9-16(10-8-15)14(3)21-22-19(23)12-24-18-6-4-5-17(20)11-18/h4-11,13H,12H2,1-3H3,(H,22,23)/b21-14-. The number of carbonyl (C=O) groups is 1. The Hall–Kier alpha value is -2.33. The topological polar surface area (TPSA) is 50.7 Å². The summed E-state index contributed by atoms with van der Waals surface area (Å²) < 4.78 is 5.36. The number of nitrogens with one attached hydrogen (secondary N) is 1. The van der Waals surface area contributed by atoms with Gasteiger partial charge in [-0.25, -0.2) is 5.43 Å². The van der Waals surface area contributed by atoms with Crippen molar-refractivity contribution in [3.63, 3.8) is 0 Å². The van der Waals surface area contributed by atoms with Gasteiger partial charge in [0.25, 0.3) is 5.91 Å². The number of amides is 1. The summed E-state index contributed by atoms with van der Waals surface area (Å²) in [5, 5.41) is 4.67. The molecule has 0 aliphatic rings. The van der Waals surface area contributed by atoms with Gasteiger partial charge in [-0.3, -0.25) is 4.79 Å². The Morgan fingerprint density at radius 2 is 1.92 bits per heavy atom. The van der Waals surface area contributed by atoms with E-state index in [0.717, 1.165) is 11.3 Å². The average molecular weight is 345 g/mol. The molecule has 0 aliphatic heterocycles. The molecule has 0 aliphatic carbocycles. The van der Waals surface area contributed by atoms with Gasteiger partial charge >= 0.3 is 0 Å². The molecule has 0 aromatic heterocycles. The fourth-order valence-corrected chi connectivity index (χ4v) is 2.24. The van der Waals surface area contributed by atoms with E-state index in [1.165, 1.54) is 5.56 Å². The van der Waals surface area contributed by atoms with Crippen LogP contribution in [-0.2, 0) is 4.79 Å². The van der Waals surface area contributed by atoms with E-state index in [2.05, 4.69) is 36.5 Å². The second kappa shape index (κ2) is 8.50. The Labute approximate surface area is 147 Å². The molecule has 0 unspecified atom stereocenters.